The molecule has 8 heteroatoms. The Morgan fingerprint density at radius 3 is 2.72 bits per heavy atom. The largest absolute Gasteiger partial charge is 0.416 e. The zero-order valence-corrected chi connectivity index (χ0v) is 9.83. The van der Waals surface area contributed by atoms with Crippen LogP contribution in [0.2, 0.25) is 0 Å². The van der Waals surface area contributed by atoms with Crippen LogP contribution in [-0.2, 0) is 0 Å². The average molecular weight is 264 g/mol. The molecule has 0 aliphatic heterocycles. The molecule has 0 aromatic carbocycles. The van der Waals surface area contributed by atoms with Crippen LogP contribution in [0.3, 0.4) is 0 Å². The molecule has 1 heterocycles. The van der Waals surface area contributed by atoms with Gasteiger partial charge in [-0.1, -0.05) is 6.92 Å². The van der Waals surface area contributed by atoms with E-state index in [4.69, 9.17) is 5.11 Å². The molecule has 0 amide bonds. The molecule has 18 heavy (non-hydrogen) atoms. The van der Waals surface area contributed by atoms with Gasteiger partial charge in [-0.05, 0) is 12.5 Å². The molecular weight excluding hydrogens is 249 g/mol. The zero-order valence-electron chi connectivity index (χ0n) is 9.83. The molecule has 1 atom stereocenters. The lowest BCUT2D eigenvalue weighted by Crippen LogP contribution is -2.35. The average Bonchev–Trinajstić information content (AvgIpc) is 2.32. The van der Waals surface area contributed by atoms with Crippen LogP contribution in [0.15, 0.2) is 12.3 Å². The fourth-order valence-corrected chi connectivity index (χ4v) is 1.10. The summed E-state index contributed by atoms with van der Waals surface area (Å²) in [5.74, 6) is 0.565. The lowest BCUT2D eigenvalue weighted by molar-refractivity contribution is -0.198. The minimum absolute atomic E-state index is 0.229. The molecule has 1 aromatic heterocycles. The molecule has 0 saturated heterocycles. The van der Waals surface area contributed by atoms with Gasteiger partial charge >= 0.3 is 6.18 Å². The molecule has 3 N–H and O–H groups in total. The maximum Gasteiger partial charge on any atom is 0.416 e. The number of nitrogens with one attached hydrogen (secondary N) is 2. The highest BCUT2D eigenvalue weighted by molar-refractivity contribution is 5.39. The summed E-state index contributed by atoms with van der Waals surface area (Å²) in [5, 5.41) is 14.1. The van der Waals surface area contributed by atoms with Crippen molar-refractivity contribution in [3.8, 4) is 0 Å². The number of aromatic nitrogens is 2. The number of hydrogen-bond donors (Lipinski definition) is 3. The minimum atomic E-state index is -4.64. The quantitative estimate of drug-likeness (QED) is 0.728. The van der Waals surface area contributed by atoms with E-state index in [0.29, 0.717) is 12.5 Å². The van der Waals surface area contributed by atoms with Gasteiger partial charge in [-0.25, -0.2) is 4.98 Å². The molecule has 0 bridgehead atoms. The minimum Gasteiger partial charge on any atom is -0.382 e. The molecule has 1 rings (SSSR count). The molecule has 0 aliphatic rings. The van der Waals surface area contributed by atoms with Crippen molar-refractivity contribution in [3.63, 3.8) is 0 Å². The zero-order chi connectivity index (χ0) is 13.6. The molecule has 0 fully saturated rings. The topological polar surface area (TPSA) is 70.1 Å². The van der Waals surface area contributed by atoms with E-state index in [-0.39, 0.29) is 5.82 Å². The lowest BCUT2D eigenvalue weighted by atomic mass is 10.3. The maximum absolute atomic E-state index is 12.1. The predicted molar refractivity (Wildman–Crippen MR) is 61.4 cm³/mol. The Labute approximate surface area is 102 Å². The van der Waals surface area contributed by atoms with Crippen LogP contribution in [0.5, 0.6) is 0 Å². The van der Waals surface area contributed by atoms with Crippen molar-refractivity contribution in [3.05, 3.63) is 12.3 Å². The standard InChI is InChI=1S/C10H15F3N4O/c1-2-4-14-9-15-5-3-8(17-9)16-6-7(18)10(11,12)13/h3,5,7,18H,2,4,6H2,1H3,(H2,14,15,16,17). The molecule has 102 valence electrons. The molecule has 0 aliphatic carbocycles. The van der Waals surface area contributed by atoms with Crippen LogP contribution in [-0.4, -0.2) is 40.4 Å². The summed E-state index contributed by atoms with van der Waals surface area (Å²) < 4.78 is 36.2. The van der Waals surface area contributed by atoms with Gasteiger partial charge in [0.25, 0.3) is 0 Å². The fraction of sp³-hybridized carbons (Fsp3) is 0.600. The molecule has 0 spiro atoms. The summed E-state index contributed by atoms with van der Waals surface area (Å²) in [7, 11) is 0. The Bertz CT molecular complexity index is 372. The molecule has 1 unspecified atom stereocenters. The molecule has 0 saturated carbocycles. The van der Waals surface area contributed by atoms with Crippen molar-refractivity contribution >= 4 is 11.8 Å². The van der Waals surface area contributed by atoms with Crippen molar-refractivity contribution in [1.29, 1.82) is 0 Å². The van der Waals surface area contributed by atoms with Gasteiger partial charge in [0.05, 0.1) is 6.54 Å². The van der Waals surface area contributed by atoms with Crippen LogP contribution < -0.4 is 10.6 Å². The predicted octanol–water partition coefficient (Wildman–Crippen LogP) is 1.63. The molecule has 1 aromatic rings. The van der Waals surface area contributed by atoms with Crippen LogP contribution >= 0.6 is 0 Å². The summed E-state index contributed by atoms with van der Waals surface area (Å²) >= 11 is 0. The monoisotopic (exact) mass is 264 g/mol. The van der Waals surface area contributed by atoms with E-state index in [0.717, 1.165) is 6.42 Å². The van der Waals surface area contributed by atoms with Crippen LogP contribution in [0.1, 0.15) is 13.3 Å². The second kappa shape index (κ2) is 6.39. The van der Waals surface area contributed by atoms with Crippen LogP contribution in [0.4, 0.5) is 24.9 Å². The highest BCUT2D eigenvalue weighted by atomic mass is 19.4. The van der Waals surface area contributed by atoms with Crippen molar-refractivity contribution in [2.75, 3.05) is 23.7 Å². The number of alkyl halides is 3. The number of hydrogen-bond acceptors (Lipinski definition) is 5. The van der Waals surface area contributed by atoms with Crippen LogP contribution in [0.25, 0.3) is 0 Å². The van der Waals surface area contributed by atoms with Gasteiger partial charge in [0.2, 0.25) is 5.95 Å². The second-order valence-electron chi connectivity index (χ2n) is 3.63. The number of aliphatic hydroxyl groups is 1. The first-order valence-corrected chi connectivity index (χ1v) is 5.49. The third-order valence-electron chi connectivity index (χ3n) is 2.04. The van der Waals surface area contributed by atoms with Crippen molar-refractivity contribution < 1.29 is 18.3 Å². The van der Waals surface area contributed by atoms with E-state index in [1.165, 1.54) is 12.3 Å². The normalized spacial score (nSPS) is 13.2. The first-order valence-electron chi connectivity index (χ1n) is 5.49. The Kier molecular flexibility index (Phi) is 5.14. The maximum atomic E-state index is 12.1. The smallest absolute Gasteiger partial charge is 0.382 e. The second-order valence-corrected chi connectivity index (χ2v) is 3.63. The lowest BCUT2D eigenvalue weighted by Gasteiger charge is -2.15. The van der Waals surface area contributed by atoms with E-state index >= 15 is 0 Å². The molecule has 5 nitrogen and oxygen atoms in total. The summed E-state index contributed by atoms with van der Waals surface area (Å²) in [4.78, 5) is 7.86. The SMILES string of the molecule is CCCNc1nccc(NCC(O)C(F)(F)F)n1. The number of nitrogens with zero attached hydrogens (tertiary/aromatic N) is 2. The fourth-order valence-electron chi connectivity index (χ4n) is 1.10. The summed E-state index contributed by atoms with van der Waals surface area (Å²) in [5.41, 5.74) is 0. The van der Waals surface area contributed by atoms with E-state index in [2.05, 4.69) is 20.6 Å². The third-order valence-corrected chi connectivity index (χ3v) is 2.04. The number of halogens is 3. The van der Waals surface area contributed by atoms with Gasteiger partial charge in [-0.3, -0.25) is 0 Å². The summed E-state index contributed by atoms with van der Waals surface area (Å²) in [6, 6.07) is 1.43. The number of anilines is 2. The van der Waals surface area contributed by atoms with Gasteiger partial charge in [0, 0.05) is 12.7 Å². The van der Waals surface area contributed by atoms with E-state index < -0.39 is 18.8 Å². The molecule has 0 radical (unpaired) electrons. The Hall–Kier alpha value is -1.57. The third kappa shape index (κ3) is 4.74. The Balaban J connectivity index is 2.52. The van der Waals surface area contributed by atoms with Gasteiger partial charge in [0.15, 0.2) is 6.10 Å². The first-order chi connectivity index (χ1) is 8.43. The number of rotatable bonds is 6. The number of aliphatic hydroxyl groups excluding tert-OH is 1. The van der Waals surface area contributed by atoms with Crippen LogP contribution in [0, 0.1) is 0 Å². The van der Waals surface area contributed by atoms with Gasteiger partial charge < -0.3 is 15.7 Å². The highest BCUT2D eigenvalue weighted by Crippen LogP contribution is 2.20. The highest BCUT2D eigenvalue weighted by Gasteiger charge is 2.37. The van der Waals surface area contributed by atoms with Gasteiger partial charge in [-0.2, -0.15) is 18.2 Å². The van der Waals surface area contributed by atoms with Crippen molar-refractivity contribution in [1.82, 2.24) is 9.97 Å². The van der Waals surface area contributed by atoms with E-state index in [1.807, 2.05) is 6.92 Å². The Morgan fingerprint density at radius 1 is 1.39 bits per heavy atom. The van der Waals surface area contributed by atoms with Crippen molar-refractivity contribution in [2.24, 2.45) is 0 Å². The molecular formula is C10H15F3N4O. The Morgan fingerprint density at radius 2 is 2.11 bits per heavy atom. The van der Waals surface area contributed by atoms with Gasteiger partial charge in [-0.15, -0.1) is 0 Å². The van der Waals surface area contributed by atoms with Gasteiger partial charge in [0.1, 0.15) is 5.82 Å². The summed E-state index contributed by atoms with van der Waals surface area (Å²) in [6.45, 7) is 2.00. The first kappa shape index (κ1) is 14.5. The van der Waals surface area contributed by atoms with Crippen molar-refractivity contribution in [2.45, 2.75) is 25.6 Å². The van der Waals surface area contributed by atoms with E-state index in [1.54, 1.807) is 0 Å². The summed E-state index contributed by atoms with van der Waals surface area (Å²) in [6.07, 6.45) is -4.75. The van der Waals surface area contributed by atoms with E-state index in [9.17, 15) is 13.2 Å².